The molecule has 1 saturated carbocycles. The summed E-state index contributed by atoms with van der Waals surface area (Å²) in [6, 6.07) is 0.394. The molecular weight excluding hydrogens is 326 g/mol. The van der Waals surface area contributed by atoms with Gasteiger partial charge in [0.1, 0.15) is 0 Å². The van der Waals surface area contributed by atoms with Gasteiger partial charge in [0.15, 0.2) is 0 Å². The first-order valence-corrected chi connectivity index (χ1v) is 9.39. The lowest BCUT2D eigenvalue weighted by molar-refractivity contribution is -0.137. The summed E-state index contributed by atoms with van der Waals surface area (Å²) in [5, 5.41) is 3.19. The average molecular weight is 360 g/mol. The van der Waals surface area contributed by atoms with Crippen LogP contribution >= 0.6 is 12.4 Å². The van der Waals surface area contributed by atoms with Crippen LogP contribution in [0.1, 0.15) is 65.2 Å². The molecule has 3 N–H and O–H groups in total. The van der Waals surface area contributed by atoms with Crippen LogP contribution in [0, 0.1) is 11.8 Å². The van der Waals surface area contributed by atoms with Crippen molar-refractivity contribution < 1.29 is 9.59 Å². The summed E-state index contributed by atoms with van der Waals surface area (Å²) < 4.78 is 0. The number of hydrogen-bond acceptors (Lipinski definition) is 3. The maximum Gasteiger partial charge on any atom is 0.225 e. The molecule has 0 aromatic heterocycles. The fourth-order valence-electron chi connectivity index (χ4n) is 3.93. The zero-order valence-corrected chi connectivity index (χ0v) is 15.9. The van der Waals surface area contributed by atoms with E-state index >= 15 is 0 Å². The molecule has 1 heterocycles. The van der Waals surface area contributed by atoms with Crippen LogP contribution in [0.3, 0.4) is 0 Å². The molecule has 140 valence electrons. The van der Waals surface area contributed by atoms with Crippen molar-refractivity contribution in [1.82, 2.24) is 10.2 Å². The van der Waals surface area contributed by atoms with Crippen molar-refractivity contribution in [3.8, 4) is 0 Å². The van der Waals surface area contributed by atoms with Gasteiger partial charge in [-0.2, -0.15) is 0 Å². The van der Waals surface area contributed by atoms with Crippen molar-refractivity contribution in [1.29, 1.82) is 0 Å². The molecule has 2 unspecified atom stereocenters. The maximum atomic E-state index is 12.4. The zero-order chi connectivity index (χ0) is 16.8. The standard InChI is InChI=1S/C18H33N3O2.ClH/c1-3-13(4-2)18(23)21-10-8-16(9-11-21)20-17(22)14-6-5-7-15(19)12-14;/h13-16H,3-12,19H2,1-2H3,(H,20,22);1H. The lowest BCUT2D eigenvalue weighted by Gasteiger charge is -2.35. The van der Waals surface area contributed by atoms with E-state index in [-0.39, 0.29) is 48.1 Å². The fraction of sp³-hybridized carbons (Fsp3) is 0.889. The van der Waals surface area contributed by atoms with Crippen LogP contribution < -0.4 is 11.1 Å². The van der Waals surface area contributed by atoms with Gasteiger partial charge in [-0.1, -0.05) is 20.3 Å². The average Bonchev–Trinajstić information content (AvgIpc) is 2.56. The van der Waals surface area contributed by atoms with Gasteiger partial charge in [0.2, 0.25) is 11.8 Å². The van der Waals surface area contributed by atoms with E-state index in [4.69, 9.17) is 5.73 Å². The molecule has 0 aromatic carbocycles. The highest BCUT2D eigenvalue weighted by Gasteiger charge is 2.30. The van der Waals surface area contributed by atoms with Crippen molar-refractivity contribution in [2.24, 2.45) is 17.6 Å². The molecule has 2 fully saturated rings. The first kappa shape index (κ1) is 21.2. The van der Waals surface area contributed by atoms with Crippen LogP contribution in [0.15, 0.2) is 0 Å². The highest BCUT2D eigenvalue weighted by Crippen LogP contribution is 2.24. The Morgan fingerprint density at radius 2 is 1.75 bits per heavy atom. The second-order valence-electron chi connectivity index (χ2n) is 7.25. The highest BCUT2D eigenvalue weighted by molar-refractivity contribution is 5.85. The predicted molar refractivity (Wildman–Crippen MR) is 99.0 cm³/mol. The number of nitrogens with one attached hydrogen (secondary N) is 1. The molecule has 2 amide bonds. The number of rotatable bonds is 5. The van der Waals surface area contributed by atoms with E-state index in [0.29, 0.717) is 0 Å². The van der Waals surface area contributed by atoms with Gasteiger partial charge in [-0.15, -0.1) is 12.4 Å². The monoisotopic (exact) mass is 359 g/mol. The van der Waals surface area contributed by atoms with Crippen molar-refractivity contribution in [2.75, 3.05) is 13.1 Å². The summed E-state index contributed by atoms with van der Waals surface area (Å²) in [6.45, 7) is 5.69. The zero-order valence-electron chi connectivity index (χ0n) is 15.1. The molecule has 0 spiro atoms. The molecule has 24 heavy (non-hydrogen) atoms. The van der Waals surface area contributed by atoms with Crippen LogP contribution in [0.5, 0.6) is 0 Å². The Labute approximate surface area is 152 Å². The van der Waals surface area contributed by atoms with Gasteiger partial charge in [0, 0.05) is 37.0 Å². The normalized spacial score (nSPS) is 25.2. The largest absolute Gasteiger partial charge is 0.353 e. The van der Waals surface area contributed by atoms with Crippen LogP contribution in [0.4, 0.5) is 0 Å². The number of nitrogens with two attached hydrogens (primary N) is 1. The Kier molecular flexibility index (Phi) is 9.06. The molecular formula is C18H34ClN3O2. The molecule has 1 saturated heterocycles. The maximum absolute atomic E-state index is 12.4. The number of hydrogen-bond donors (Lipinski definition) is 2. The Balaban J connectivity index is 0.00000288. The lowest BCUT2D eigenvalue weighted by atomic mass is 9.85. The molecule has 2 aliphatic rings. The highest BCUT2D eigenvalue weighted by atomic mass is 35.5. The van der Waals surface area contributed by atoms with E-state index in [1.165, 1.54) is 0 Å². The van der Waals surface area contributed by atoms with E-state index in [1.54, 1.807) is 0 Å². The summed E-state index contributed by atoms with van der Waals surface area (Å²) in [5.74, 6) is 0.704. The summed E-state index contributed by atoms with van der Waals surface area (Å²) in [7, 11) is 0. The molecule has 0 radical (unpaired) electrons. The fourth-order valence-corrected chi connectivity index (χ4v) is 3.93. The number of likely N-dealkylation sites (tertiary alicyclic amines) is 1. The quantitative estimate of drug-likeness (QED) is 0.791. The van der Waals surface area contributed by atoms with Gasteiger partial charge in [0.05, 0.1) is 0 Å². The van der Waals surface area contributed by atoms with Crippen molar-refractivity contribution in [3.05, 3.63) is 0 Å². The van der Waals surface area contributed by atoms with Crippen molar-refractivity contribution >= 4 is 24.2 Å². The van der Waals surface area contributed by atoms with Gasteiger partial charge in [-0.25, -0.2) is 0 Å². The Hall–Kier alpha value is -0.810. The molecule has 1 aliphatic carbocycles. The number of halogens is 1. The molecule has 5 nitrogen and oxygen atoms in total. The lowest BCUT2D eigenvalue weighted by Crippen LogP contribution is -2.49. The van der Waals surface area contributed by atoms with Gasteiger partial charge in [-0.05, 0) is 44.9 Å². The van der Waals surface area contributed by atoms with E-state index in [1.807, 2.05) is 4.90 Å². The van der Waals surface area contributed by atoms with E-state index in [2.05, 4.69) is 19.2 Å². The molecule has 0 bridgehead atoms. The third-order valence-corrected chi connectivity index (χ3v) is 5.57. The summed E-state index contributed by atoms with van der Waals surface area (Å²) >= 11 is 0. The van der Waals surface area contributed by atoms with Crippen LogP contribution in [0.25, 0.3) is 0 Å². The first-order valence-electron chi connectivity index (χ1n) is 9.39. The number of carbonyl (C=O) groups is 2. The van der Waals surface area contributed by atoms with Gasteiger partial charge >= 0.3 is 0 Å². The van der Waals surface area contributed by atoms with E-state index < -0.39 is 0 Å². The van der Waals surface area contributed by atoms with Crippen LogP contribution in [0.2, 0.25) is 0 Å². The summed E-state index contributed by atoms with van der Waals surface area (Å²) in [6.07, 6.45) is 7.44. The number of piperidine rings is 1. The molecule has 0 aromatic rings. The minimum atomic E-state index is 0. The minimum absolute atomic E-state index is 0. The van der Waals surface area contributed by atoms with Gasteiger partial charge in [0.25, 0.3) is 0 Å². The van der Waals surface area contributed by atoms with Gasteiger partial charge in [-0.3, -0.25) is 9.59 Å². The molecule has 1 aliphatic heterocycles. The Morgan fingerprint density at radius 3 is 2.29 bits per heavy atom. The number of amides is 2. The van der Waals surface area contributed by atoms with E-state index in [9.17, 15) is 9.59 Å². The second-order valence-corrected chi connectivity index (χ2v) is 7.25. The van der Waals surface area contributed by atoms with Crippen LogP contribution in [-0.4, -0.2) is 41.9 Å². The smallest absolute Gasteiger partial charge is 0.225 e. The van der Waals surface area contributed by atoms with Crippen molar-refractivity contribution in [3.63, 3.8) is 0 Å². The SMILES string of the molecule is CCC(CC)C(=O)N1CCC(NC(=O)C2CCCC(N)C2)CC1.Cl. The van der Waals surface area contributed by atoms with E-state index in [0.717, 1.165) is 64.5 Å². The third kappa shape index (κ3) is 5.62. The molecule has 6 heteroatoms. The predicted octanol–water partition coefficient (Wildman–Crippen LogP) is 2.47. The Morgan fingerprint density at radius 1 is 1.12 bits per heavy atom. The number of nitrogens with zero attached hydrogens (tertiary/aromatic N) is 1. The molecule has 2 rings (SSSR count). The second kappa shape index (κ2) is 10.2. The topological polar surface area (TPSA) is 75.4 Å². The first-order chi connectivity index (χ1) is 11.0. The van der Waals surface area contributed by atoms with Crippen molar-refractivity contribution in [2.45, 2.75) is 77.3 Å². The Bertz CT molecular complexity index is 407. The minimum Gasteiger partial charge on any atom is -0.353 e. The van der Waals surface area contributed by atoms with Gasteiger partial charge < -0.3 is 16.0 Å². The number of carbonyl (C=O) groups excluding carboxylic acids is 2. The summed E-state index contributed by atoms with van der Waals surface area (Å²) in [4.78, 5) is 26.8. The van der Waals surface area contributed by atoms with Crippen LogP contribution in [-0.2, 0) is 9.59 Å². The third-order valence-electron chi connectivity index (χ3n) is 5.57. The summed E-state index contributed by atoms with van der Waals surface area (Å²) in [5.41, 5.74) is 5.98. The molecule has 2 atom stereocenters.